The Morgan fingerprint density at radius 1 is 0.667 bits per heavy atom. The van der Waals surface area contributed by atoms with Crippen LogP contribution in [-0.2, 0) is 0 Å². The molecule has 0 spiro atoms. The van der Waals surface area contributed by atoms with Crippen molar-refractivity contribution in [1.82, 2.24) is 0 Å². The lowest BCUT2D eigenvalue weighted by Crippen LogP contribution is -1.63. The number of allylic oxidation sites excluding steroid dienone is 6. The van der Waals surface area contributed by atoms with Crippen molar-refractivity contribution in [2.75, 3.05) is 0 Å². The van der Waals surface area contributed by atoms with Crippen LogP contribution in [0.5, 0.6) is 0 Å². The zero-order chi connectivity index (χ0) is 9.07. The Labute approximate surface area is 76.7 Å². The maximum Gasteiger partial charge on any atom is -0.0313 e. The first kappa shape index (κ1) is 11.2. The third kappa shape index (κ3) is 9.22. The highest BCUT2D eigenvalue weighted by Crippen LogP contribution is 1.94. The SMILES string of the molecule is CC/C=C\C=C\CC/C=C\CC. The third-order valence-electron chi connectivity index (χ3n) is 1.52. The Kier molecular flexibility index (Phi) is 9.56. The smallest absolute Gasteiger partial charge is 0.0313 e. The molecule has 0 nitrogen and oxygen atoms in total. The van der Waals surface area contributed by atoms with E-state index in [1.807, 2.05) is 0 Å². The lowest BCUT2D eigenvalue weighted by Gasteiger charge is -1.84. The van der Waals surface area contributed by atoms with Gasteiger partial charge in [-0.1, -0.05) is 50.3 Å². The van der Waals surface area contributed by atoms with Crippen molar-refractivity contribution in [3.63, 3.8) is 0 Å². The number of hydrogen-bond acceptors (Lipinski definition) is 0. The van der Waals surface area contributed by atoms with Gasteiger partial charge in [-0.3, -0.25) is 0 Å². The van der Waals surface area contributed by atoms with E-state index in [2.05, 4.69) is 50.3 Å². The second kappa shape index (κ2) is 10.2. The fourth-order valence-corrected chi connectivity index (χ4v) is 0.866. The van der Waals surface area contributed by atoms with Crippen molar-refractivity contribution in [2.45, 2.75) is 39.5 Å². The van der Waals surface area contributed by atoms with Crippen molar-refractivity contribution in [3.8, 4) is 0 Å². The van der Waals surface area contributed by atoms with E-state index in [0.717, 1.165) is 19.3 Å². The van der Waals surface area contributed by atoms with Crippen molar-refractivity contribution >= 4 is 0 Å². The van der Waals surface area contributed by atoms with Gasteiger partial charge in [-0.25, -0.2) is 0 Å². The summed E-state index contributed by atoms with van der Waals surface area (Å²) < 4.78 is 0. The minimum Gasteiger partial charge on any atom is -0.0888 e. The van der Waals surface area contributed by atoms with Crippen LogP contribution in [0, 0.1) is 0 Å². The summed E-state index contributed by atoms with van der Waals surface area (Å²) in [6.45, 7) is 4.31. The molecule has 68 valence electrons. The van der Waals surface area contributed by atoms with E-state index in [-0.39, 0.29) is 0 Å². The van der Waals surface area contributed by atoms with Gasteiger partial charge < -0.3 is 0 Å². The van der Waals surface area contributed by atoms with Crippen LogP contribution in [-0.4, -0.2) is 0 Å². The molecular weight excluding hydrogens is 144 g/mol. The molecule has 0 aromatic heterocycles. The van der Waals surface area contributed by atoms with Gasteiger partial charge in [0.15, 0.2) is 0 Å². The van der Waals surface area contributed by atoms with E-state index in [4.69, 9.17) is 0 Å². The van der Waals surface area contributed by atoms with Crippen molar-refractivity contribution in [3.05, 3.63) is 36.5 Å². The average molecular weight is 164 g/mol. The zero-order valence-electron chi connectivity index (χ0n) is 8.29. The number of hydrogen-bond donors (Lipinski definition) is 0. The molecule has 0 bridgehead atoms. The van der Waals surface area contributed by atoms with E-state index in [0.29, 0.717) is 0 Å². The molecule has 0 heterocycles. The highest BCUT2D eigenvalue weighted by atomic mass is 13.8. The molecule has 0 aromatic carbocycles. The van der Waals surface area contributed by atoms with Gasteiger partial charge in [-0.2, -0.15) is 0 Å². The predicted molar refractivity (Wildman–Crippen MR) is 57.2 cm³/mol. The van der Waals surface area contributed by atoms with Crippen LogP contribution in [0.15, 0.2) is 36.5 Å². The summed E-state index contributed by atoms with van der Waals surface area (Å²) in [6.07, 6.45) is 17.7. The molecule has 0 amide bonds. The molecule has 0 fully saturated rings. The minimum absolute atomic E-state index is 1.13. The van der Waals surface area contributed by atoms with Crippen molar-refractivity contribution in [1.29, 1.82) is 0 Å². The quantitative estimate of drug-likeness (QED) is 0.313. The molecule has 0 aromatic rings. The molecule has 12 heavy (non-hydrogen) atoms. The van der Waals surface area contributed by atoms with Gasteiger partial charge in [-0.05, 0) is 25.7 Å². The maximum atomic E-state index is 2.24. The van der Waals surface area contributed by atoms with E-state index < -0.39 is 0 Å². The second-order valence-electron chi connectivity index (χ2n) is 2.72. The Bertz CT molecular complexity index is 149. The highest BCUT2D eigenvalue weighted by Gasteiger charge is 1.73. The fourth-order valence-electron chi connectivity index (χ4n) is 0.866. The first-order valence-electron chi connectivity index (χ1n) is 4.88. The third-order valence-corrected chi connectivity index (χ3v) is 1.52. The topological polar surface area (TPSA) is 0 Å². The van der Waals surface area contributed by atoms with Crippen molar-refractivity contribution in [2.24, 2.45) is 0 Å². The Morgan fingerprint density at radius 2 is 1.25 bits per heavy atom. The van der Waals surface area contributed by atoms with Crippen LogP contribution >= 0.6 is 0 Å². The fraction of sp³-hybridized carbons (Fsp3) is 0.500. The molecular formula is C12H20. The standard InChI is InChI=1S/C12H20/c1-3-5-7-9-11-12-10-8-6-4-2/h5-9,11H,3-4,10,12H2,1-2H3/b7-5-,8-6-,11-9+. The van der Waals surface area contributed by atoms with E-state index in [1.165, 1.54) is 6.42 Å². The molecule has 0 saturated carbocycles. The Balaban J connectivity index is 3.24. The van der Waals surface area contributed by atoms with Crippen LogP contribution in [0.25, 0.3) is 0 Å². The zero-order valence-corrected chi connectivity index (χ0v) is 8.29. The van der Waals surface area contributed by atoms with Crippen LogP contribution in [0.1, 0.15) is 39.5 Å². The van der Waals surface area contributed by atoms with E-state index in [9.17, 15) is 0 Å². The predicted octanol–water partition coefficient (Wildman–Crippen LogP) is 4.26. The summed E-state index contributed by atoms with van der Waals surface area (Å²) in [5.41, 5.74) is 0. The maximum absolute atomic E-state index is 2.24. The van der Waals surface area contributed by atoms with Gasteiger partial charge in [0.05, 0.1) is 0 Å². The van der Waals surface area contributed by atoms with Crippen LogP contribution in [0.4, 0.5) is 0 Å². The van der Waals surface area contributed by atoms with Gasteiger partial charge in [0.2, 0.25) is 0 Å². The molecule has 0 atom stereocenters. The molecule has 0 aliphatic rings. The van der Waals surface area contributed by atoms with E-state index in [1.54, 1.807) is 0 Å². The number of rotatable bonds is 6. The lowest BCUT2D eigenvalue weighted by molar-refractivity contribution is 1.04. The van der Waals surface area contributed by atoms with Gasteiger partial charge in [0, 0.05) is 0 Å². The first-order chi connectivity index (χ1) is 5.91. The Hall–Kier alpha value is -0.780. The van der Waals surface area contributed by atoms with Crippen LogP contribution in [0.2, 0.25) is 0 Å². The minimum atomic E-state index is 1.13. The largest absolute Gasteiger partial charge is 0.0888 e. The monoisotopic (exact) mass is 164 g/mol. The number of unbranched alkanes of at least 4 members (excludes halogenated alkanes) is 1. The Morgan fingerprint density at radius 3 is 1.92 bits per heavy atom. The van der Waals surface area contributed by atoms with Crippen molar-refractivity contribution < 1.29 is 0 Å². The molecule has 0 radical (unpaired) electrons. The highest BCUT2D eigenvalue weighted by molar-refractivity contribution is 5.02. The molecule has 0 unspecified atom stereocenters. The molecule has 0 heteroatoms. The molecule has 0 saturated heterocycles. The normalized spacial score (nSPS) is 12.5. The van der Waals surface area contributed by atoms with Crippen LogP contribution in [0.3, 0.4) is 0 Å². The van der Waals surface area contributed by atoms with Gasteiger partial charge in [0.1, 0.15) is 0 Å². The summed E-state index contributed by atoms with van der Waals surface area (Å²) in [5, 5.41) is 0. The summed E-state index contributed by atoms with van der Waals surface area (Å²) in [4.78, 5) is 0. The van der Waals surface area contributed by atoms with Gasteiger partial charge in [0.25, 0.3) is 0 Å². The summed E-state index contributed by atoms with van der Waals surface area (Å²) in [6, 6.07) is 0. The van der Waals surface area contributed by atoms with Gasteiger partial charge >= 0.3 is 0 Å². The first-order valence-corrected chi connectivity index (χ1v) is 4.88. The van der Waals surface area contributed by atoms with E-state index >= 15 is 0 Å². The van der Waals surface area contributed by atoms with Gasteiger partial charge in [-0.15, -0.1) is 0 Å². The molecule has 0 aliphatic heterocycles. The lowest BCUT2D eigenvalue weighted by atomic mass is 10.2. The average Bonchev–Trinajstić information content (AvgIpc) is 2.10. The summed E-state index contributed by atoms with van der Waals surface area (Å²) in [7, 11) is 0. The molecule has 0 N–H and O–H groups in total. The summed E-state index contributed by atoms with van der Waals surface area (Å²) in [5.74, 6) is 0. The second-order valence-corrected chi connectivity index (χ2v) is 2.72. The molecule has 0 rings (SSSR count). The summed E-state index contributed by atoms with van der Waals surface area (Å²) >= 11 is 0. The molecule has 0 aliphatic carbocycles. The van der Waals surface area contributed by atoms with Crippen LogP contribution < -0.4 is 0 Å².